The normalized spacial score (nSPS) is 19.9. The van der Waals surface area contributed by atoms with Crippen LogP contribution in [0.2, 0.25) is 0 Å². The summed E-state index contributed by atoms with van der Waals surface area (Å²) in [5, 5.41) is 40.2. The molecule has 6 unspecified atom stereocenters. The molecule has 4 N–H and O–H groups in total. The minimum atomic E-state index is -1.53. The second kappa shape index (κ2) is 44.1. The minimum Gasteiger partial charge on any atom is -0.457 e. The van der Waals surface area contributed by atoms with Gasteiger partial charge in [0.2, 0.25) is 0 Å². The maximum atomic E-state index is 12.8. The van der Waals surface area contributed by atoms with E-state index in [9.17, 15) is 25.2 Å². The molecule has 9 nitrogen and oxygen atoms in total. The predicted octanol–water partition coefficient (Wildman–Crippen LogP) is 12.8. The number of carbonyl (C=O) groups excluding carboxylic acids is 1. The van der Waals surface area contributed by atoms with Gasteiger partial charge in [0.15, 0.2) is 6.29 Å². The van der Waals surface area contributed by atoms with Gasteiger partial charge >= 0.3 is 5.97 Å². The largest absolute Gasteiger partial charge is 0.457 e. The Morgan fingerprint density at radius 1 is 0.508 bits per heavy atom. The third-order valence-electron chi connectivity index (χ3n) is 12.4. The fraction of sp³-hybridized carbons (Fsp3) is 0.942. The maximum Gasteiger partial charge on any atom is 0.306 e. The number of rotatable bonds is 46. The highest BCUT2D eigenvalue weighted by molar-refractivity contribution is 5.69. The number of carbonyl (C=O) groups is 1. The van der Waals surface area contributed by atoms with Gasteiger partial charge in [-0.05, 0) is 38.5 Å². The van der Waals surface area contributed by atoms with Gasteiger partial charge < -0.3 is 39.4 Å². The molecular formula is C52H100O9. The molecule has 61 heavy (non-hydrogen) atoms. The van der Waals surface area contributed by atoms with Crippen LogP contribution in [-0.2, 0) is 23.7 Å². The number of esters is 1. The van der Waals surface area contributed by atoms with Crippen molar-refractivity contribution in [2.75, 3.05) is 26.4 Å². The lowest BCUT2D eigenvalue weighted by Gasteiger charge is -2.39. The zero-order valence-electron chi connectivity index (χ0n) is 39.9. The SMILES string of the molecule is CCCCCCCC/C=C\CCCCCCCCOCC(COC1OC(CO)C(O)C(O)C1O)OC(=O)CCCCCCCCCCCCCCCCCCCCCCCC. The molecule has 0 aromatic carbocycles. The van der Waals surface area contributed by atoms with Crippen molar-refractivity contribution in [1.82, 2.24) is 0 Å². The van der Waals surface area contributed by atoms with Crippen LogP contribution in [0.5, 0.6) is 0 Å². The first-order chi connectivity index (χ1) is 29.9. The number of aliphatic hydroxyl groups is 4. The van der Waals surface area contributed by atoms with E-state index in [-0.39, 0.29) is 19.2 Å². The van der Waals surface area contributed by atoms with Gasteiger partial charge in [0, 0.05) is 13.0 Å². The molecule has 9 heteroatoms. The number of hydrogen-bond acceptors (Lipinski definition) is 9. The smallest absolute Gasteiger partial charge is 0.306 e. The first-order valence-corrected chi connectivity index (χ1v) is 26.3. The van der Waals surface area contributed by atoms with Crippen molar-refractivity contribution in [2.45, 2.75) is 288 Å². The minimum absolute atomic E-state index is 0.110. The summed E-state index contributed by atoms with van der Waals surface area (Å²) in [6, 6.07) is 0. The van der Waals surface area contributed by atoms with Crippen LogP contribution in [0.15, 0.2) is 12.2 Å². The van der Waals surface area contributed by atoms with Crippen molar-refractivity contribution in [3.63, 3.8) is 0 Å². The first kappa shape index (κ1) is 57.9. The van der Waals surface area contributed by atoms with Gasteiger partial charge in [-0.3, -0.25) is 4.79 Å². The number of ether oxygens (including phenoxy) is 4. The number of unbranched alkanes of at least 4 members (excludes halogenated alkanes) is 33. The molecule has 0 aromatic rings. The second-order valence-electron chi connectivity index (χ2n) is 18.3. The van der Waals surface area contributed by atoms with E-state index in [1.807, 2.05) is 0 Å². The Morgan fingerprint density at radius 3 is 1.33 bits per heavy atom. The van der Waals surface area contributed by atoms with Crippen LogP contribution in [0.1, 0.15) is 251 Å². The van der Waals surface area contributed by atoms with Crippen molar-refractivity contribution >= 4 is 5.97 Å². The van der Waals surface area contributed by atoms with Gasteiger partial charge in [0.1, 0.15) is 30.5 Å². The Morgan fingerprint density at radius 2 is 0.902 bits per heavy atom. The summed E-state index contributed by atoms with van der Waals surface area (Å²) in [6.07, 6.45) is 43.9. The molecule has 1 rings (SSSR count). The van der Waals surface area contributed by atoms with Crippen LogP contribution < -0.4 is 0 Å². The van der Waals surface area contributed by atoms with E-state index < -0.39 is 43.4 Å². The first-order valence-electron chi connectivity index (χ1n) is 26.3. The molecule has 0 bridgehead atoms. The third-order valence-corrected chi connectivity index (χ3v) is 12.4. The molecule has 1 aliphatic rings. The van der Waals surface area contributed by atoms with E-state index >= 15 is 0 Å². The summed E-state index contributed by atoms with van der Waals surface area (Å²) in [5.41, 5.74) is 0. The van der Waals surface area contributed by atoms with Gasteiger partial charge in [-0.2, -0.15) is 0 Å². The summed E-state index contributed by atoms with van der Waals surface area (Å²) in [6.45, 7) is 4.59. The summed E-state index contributed by atoms with van der Waals surface area (Å²) in [7, 11) is 0. The average Bonchev–Trinajstić information content (AvgIpc) is 3.26. The molecule has 1 saturated heterocycles. The maximum absolute atomic E-state index is 12.8. The highest BCUT2D eigenvalue weighted by Gasteiger charge is 2.44. The molecule has 0 radical (unpaired) electrons. The Hall–Kier alpha value is -1.07. The van der Waals surface area contributed by atoms with E-state index in [2.05, 4.69) is 26.0 Å². The van der Waals surface area contributed by atoms with Gasteiger partial charge in [-0.25, -0.2) is 0 Å². The van der Waals surface area contributed by atoms with Crippen molar-refractivity contribution in [2.24, 2.45) is 0 Å². The van der Waals surface area contributed by atoms with Gasteiger partial charge in [0.25, 0.3) is 0 Å². The zero-order valence-corrected chi connectivity index (χ0v) is 39.9. The summed E-state index contributed by atoms with van der Waals surface area (Å²) >= 11 is 0. The van der Waals surface area contributed by atoms with Crippen LogP contribution in [0, 0.1) is 0 Å². The van der Waals surface area contributed by atoms with E-state index in [0.717, 1.165) is 32.1 Å². The molecule has 362 valence electrons. The van der Waals surface area contributed by atoms with Crippen molar-refractivity contribution in [3.8, 4) is 0 Å². The van der Waals surface area contributed by atoms with E-state index in [0.29, 0.717) is 13.0 Å². The molecule has 0 spiro atoms. The van der Waals surface area contributed by atoms with E-state index in [4.69, 9.17) is 18.9 Å². The van der Waals surface area contributed by atoms with Crippen LogP contribution in [0.25, 0.3) is 0 Å². The zero-order chi connectivity index (χ0) is 44.3. The summed E-state index contributed by atoms with van der Waals surface area (Å²) in [4.78, 5) is 12.8. The quantitative estimate of drug-likeness (QED) is 0.0268. The lowest BCUT2D eigenvalue weighted by atomic mass is 9.99. The standard InChI is InChI=1S/C52H100O9/c1-3-5-7-9-11-13-15-17-19-21-22-23-24-25-26-27-29-31-33-35-37-39-41-48(54)60-46(45-59-52-51(57)50(56)49(55)47(43-53)61-52)44-58-42-40-38-36-34-32-30-28-20-18-16-14-12-10-8-6-4-2/h18,20,46-47,49-53,55-57H,3-17,19,21-45H2,1-2H3/b20-18-. The Labute approximate surface area is 375 Å². The van der Waals surface area contributed by atoms with Crippen LogP contribution in [-0.4, -0.2) is 89.6 Å². The average molecular weight is 869 g/mol. The summed E-state index contributed by atoms with van der Waals surface area (Å²) in [5.74, 6) is -0.309. The Balaban J connectivity index is 2.17. The summed E-state index contributed by atoms with van der Waals surface area (Å²) < 4.78 is 22.9. The molecule has 1 fully saturated rings. The van der Waals surface area contributed by atoms with Crippen LogP contribution >= 0.6 is 0 Å². The van der Waals surface area contributed by atoms with Crippen molar-refractivity contribution in [1.29, 1.82) is 0 Å². The molecule has 0 amide bonds. The molecule has 6 atom stereocenters. The number of allylic oxidation sites excluding steroid dienone is 2. The Bertz CT molecular complexity index is 946. The third kappa shape index (κ3) is 34.9. The van der Waals surface area contributed by atoms with Gasteiger partial charge in [-0.15, -0.1) is 0 Å². The fourth-order valence-corrected chi connectivity index (χ4v) is 8.31. The van der Waals surface area contributed by atoms with Crippen LogP contribution in [0.3, 0.4) is 0 Å². The van der Waals surface area contributed by atoms with E-state index in [1.54, 1.807) is 0 Å². The lowest BCUT2D eigenvalue weighted by molar-refractivity contribution is -0.305. The molecule has 0 aliphatic carbocycles. The Kier molecular flexibility index (Phi) is 41.9. The highest BCUT2D eigenvalue weighted by atomic mass is 16.7. The molecule has 1 heterocycles. The molecule has 0 aromatic heterocycles. The monoisotopic (exact) mass is 869 g/mol. The van der Waals surface area contributed by atoms with E-state index in [1.165, 1.54) is 199 Å². The number of hydrogen-bond donors (Lipinski definition) is 4. The molecular weight excluding hydrogens is 769 g/mol. The van der Waals surface area contributed by atoms with Gasteiger partial charge in [0.05, 0.1) is 19.8 Å². The second-order valence-corrected chi connectivity index (χ2v) is 18.3. The lowest BCUT2D eigenvalue weighted by Crippen LogP contribution is -2.59. The fourth-order valence-electron chi connectivity index (χ4n) is 8.31. The number of aliphatic hydroxyl groups excluding tert-OH is 4. The predicted molar refractivity (Wildman–Crippen MR) is 252 cm³/mol. The van der Waals surface area contributed by atoms with Gasteiger partial charge in [-0.1, -0.05) is 219 Å². The topological polar surface area (TPSA) is 135 Å². The van der Waals surface area contributed by atoms with Crippen molar-refractivity contribution in [3.05, 3.63) is 12.2 Å². The molecule has 1 aliphatic heterocycles. The molecule has 0 saturated carbocycles. The highest BCUT2D eigenvalue weighted by Crippen LogP contribution is 2.23. The van der Waals surface area contributed by atoms with Crippen molar-refractivity contribution < 1.29 is 44.2 Å². The van der Waals surface area contributed by atoms with Crippen LogP contribution in [0.4, 0.5) is 0 Å².